The van der Waals surface area contributed by atoms with E-state index >= 15 is 0 Å². The number of nitrogens with zero attached hydrogens (tertiary/aromatic N) is 1. The van der Waals surface area contributed by atoms with Crippen LogP contribution in [0.3, 0.4) is 0 Å². The molecule has 0 aromatic heterocycles. The van der Waals surface area contributed by atoms with Gasteiger partial charge in [0.1, 0.15) is 0 Å². The Morgan fingerprint density at radius 3 is 2.86 bits per heavy atom. The number of likely N-dealkylation sites (tertiary alicyclic amines) is 1. The van der Waals surface area contributed by atoms with E-state index in [0.29, 0.717) is 11.0 Å². The van der Waals surface area contributed by atoms with Crippen LogP contribution in [0.15, 0.2) is 27.6 Å². The molecule has 1 heterocycles. The highest BCUT2D eigenvalue weighted by Crippen LogP contribution is 2.24. The van der Waals surface area contributed by atoms with Gasteiger partial charge in [-0.2, -0.15) is 0 Å². The van der Waals surface area contributed by atoms with E-state index in [4.69, 9.17) is 5.73 Å². The number of hydrogen-bond donors (Lipinski definition) is 2. The van der Waals surface area contributed by atoms with Crippen LogP contribution in [0.1, 0.15) is 25.3 Å². The standard InChI is InChI=1S/C14H22BrN3O2S/c1-2-18-7-3-4-12(10-18)17-21(19,20)14-6-5-11(9-16)8-13(14)15/h5-6,8,12,17H,2-4,7,9-10,16H2,1H3. The second kappa shape index (κ2) is 7.19. The Balaban J connectivity index is 2.14. The minimum Gasteiger partial charge on any atom is -0.326 e. The average Bonchev–Trinajstić information content (AvgIpc) is 2.46. The van der Waals surface area contributed by atoms with Gasteiger partial charge in [-0.15, -0.1) is 0 Å². The van der Waals surface area contributed by atoms with Crippen LogP contribution in [0.2, 0.25) is 0 Å². The normalized spacial score (nSPS) is 20.6. The number of sulfonamides is 1. The SMILES string of the molecule is CCN1CCCC(NS(=O)(=O)c2ccc(CN)cc2Br)C1. The molecule has 21 heavy (non-hydrogen) atoms. The van der Waals surface area contributed by atoms with Gasteiger partial charge in [0.15, 0.2) is 0 Å². The Morgan fingerprint density at radius 1 is 1.48 bits per heavy atom. The molecule has 1 aliphatic heterocycles. The summed E-state index contributed by atoms with van der Waals surface area (Å²) in [5.74, 6) is 0. The predicted molar refractivity (Wildman–Crippen MR) is 87.5 cm³/mol. The molecule has 0 bridgehead atoms. The Bertz CT molecular complexity index is 592. The first-order valence-corrected chi connectivity index (χ1v) is 9.47. The molecule has 0 aliphatic carbocycles. The van der Waals surface area contributed by atoms with Crippen molar-refractivity contribution in [3.8, 4) is 0 Å². The molecule has 0 radical (unpaired) electrons. The lowest BCUT2D eigenvalue weighted by Crippen LogP contribution is -2.47. The van der Waals surface area contributed by atoms with Gasteiger partial charge >= 0.3 is 0 Å². The summed E-state index contributed by atoms with van der Waals surface area (Å²) in [5.41, 5.74) is 6.47. The van der Waals surface area contributed by atoms with Gasteiger partial charge < -0.3 is 10.6 Å². The van der Waals surface area contributed by atoms with Crippen molar-refractivity contribution in [3.63, 3.8) is 0 Å². The number of rotatable bonds is 5. The van der Waals surface area contributed by atoms with E-state index in [2.05, 4.69) is 32.5 Å². The van der Waals surface area contributed by atoms with Crippen molar-refractivity contribution in [1.82, 2.24) is 9.62 Å². The summed E-state index contributed by atoms with van der Waals surface area (Å²) >= 11 is 3.33. The van der Waals surface area contributed by atoms with E-state index < -0.39 is 10.0 Å². The third kappa shape index (κ3) is 4.26. The van der Waals surface area contributed by atoms with Crippen LogP contribution >= 0.6 is 15.9 Å². The highest BCUT2D eigenvalue weighted by molar-refractivity contribution is 9.10. The molecular formula is C14H22BrN3O2S. The van der Waals surface area contributed by atoms with Crippen LogP contribution in [0, 0.1) is 0 Å². The molecule has 0 amide bonds. The lowest BCUT2D eigenvalue weighted by molar-refractivity contribution is 0.211. The van der Waals surface area contributed by atoms with Crippen LogP contribution in [0.25, 0.3) is 0 Å². The Kier molecular flexibility index (Phi) is 5.79. The molecule has 1 atom stereocenters. The Hall–Kier alpha value is -0.470. The number of nitrogens with one attached hydrogen (secondary N) is 1. The van der Waals surface area contributed by atoms with Crippen LogP contribution in [-0.2, 0) is 16.6 Å². The quantitative estimate of drug-likeness (QED) is 0.820. The van der Waals surface area contributed by atoms with Crippen molar-refractivity contribution >= 4 is 26.0 Å². The van der Waals surface area contributed by atoms with Gasteiger partial charge in [0.2, 0.25) is 10.0 Å². The summed E-state index contributed by atoms with van der Waals surface area (Å²) in [4.78, 5) is 2.54. The molecule has 3 N–H and O–H groups in total. The van der Waals surface area contributed by atoms with Gasteiger partial charge in [-0.1, -0.05) is 13.0 Å². The molecule has 1 aliphatic rings. The molecule has 1 aromatic rings. The van der Waals surface area contributed by atoms with Crippen molar-refractivity contribution < 1.29 is 8.42 Å². The highest BCUT2D eigenvalue weighted by Gasteiger charge is 2.25. The second-order valence-electron chi connectivity index (χ2n) is 5.32. The van der Waals surface area contributed by atoms with Gasteiger partial charge in [-0.3, -0.25) is 0 Å². The van der Waals surface area contributed by atoms with E-state index in [1.165, 1.54) is 0 Å². The lowest BCUT2D eigenvalue weighted by Gasteiger charge is -2.32. The van der Waals surface area contributed by atoms with Crippen molar-refractivity contribution in [2.24, 2.45) is 5.73 Å². The van der Waals surface area contributed by atoms with Crippen LogP contribution < -0.4 is 10.5 Å². The van der Waals surface area contributed by atoms with Crippen LogP contribution in [0.4, 0.5) is 0 Å². The zero-order valence-corrected chi connectivity index (χ0v) is 14.6. The predicted octanol–water partition coefficient (Wildman–Crippen LogP) is 1.67. The van der Waals surface area contributed by atoms with E-state index in [-0.39, 0.29) is 10.9 Å². The first-order chi connectivity index (χ1) is 9.96. The smallest absolute Gasteiger partial charge is 0.241 e. The zero-order chi connectivity index (χ0) is 15.5. The largest absolute Gasteiger partial charge is 0.326 e. The maximum Gasteiger partial charge on any atom is 0.241 e. The van der Waals surface area contributed by atoms with Crippen molar-refractivity contribution in [3.05, 3.63) is 28.2 Å². The summed E-state index contributed by atoms with van der Waals surface area (Å²) in [5, 5.41) is 0. The van der Waals surface area contributed by atoms with Gasteiger partial charge in [-0.05, 0) is 59.6 Å². The lowest BCUT2D eigenvalue weighted by atomic mass is 10.1. The van der Waals surface area contributed by atoms with Gasteiger partial charge in [0.05, 0.1) is 4.90 Å². The van der Waals surface area contributed by atoms with Gasteiger partial charge in [0.25, 0.3) is 0 Å². The van der Waals surface area contributed by atoms with Crippen molar-refractivity contribution in [1.29, 1.82) is 0 Å². The molecule has 1 saturated heterocycles. The summed E-state index contributed by atoms with van der Waals surface area (Å²) in [6.07, 6.45) is 1.91. The number of halogens is 1. The fraction of sp³-hybridized carbons (Fsp3) is 0.571. The molecule has 0 spiro atoms. The molecular weight excluding hydrogens is 354 g/mol. The minimum atomic E-state index is -3.51. The molecule has 1 fully saturated rings. The number of hydrogen-bond acceptors (Lipinski definition) is 4. The molecule has 1 unspecified atom stereocenters. The molecule has 1 aromatic carbocycles. The van der Waals surface area contributed by atoms with E-state index in [1.54, 1.807) is 18.2 Å². The fourth-order valence-corrected chi connectivity index (χ4v) is 5.00. The number of benzene rings is 1. The van der Waals surface area contributed by atoms with Gasteiger partial charge in [0, 0.05) is 23.6 Å². The van der Waals surface area contributed by atoms with Crippen molar-refractivity contribution in [2.75, 3.05) is 19.6 Å². The monoisotopic (exact) mass is 375 g/mol. The van der Waals surface area contributed by atoms with E-state index in [1.807, 2.05) is 0 Å². The minimum absolute atomic E-state index is 0.0233. The second-order valence-corrected chi connectivity index (χ2v) is 7.86. The summed E-state index contributed by atoms with van der Waals surface area (Å²) in [6.45, 7) is 5.25. The maximum absolute atomic E-state index is 12.5. The topological polar surface area (TPSA) is 75.4 Å². The summed E-state index contributed by atoms with van der Waals surface area (Å²) < 4.78 is 28.4. The number of piperidine rings is 1. The first-order valence-electron chi connectivity index (χ1n) is 7.19. The molecule has 118 valence electrons. The number of likely N-dealkylation sites (N-methyl/N-ethyl adjacent to an activating group) is 1. The summed E-state index contributed by atoms with van der Waals surface area (Å²) in [7, 11) is -3.51. The maximum atomic E-state index is 12.5. The third-order valence-corrected chi connectivity index (χ3v) is 6.29. The van der Waals surface area contributed by atoms with E-state index in [0.717, 1.165) is 38.0 Å². The third-order valence-electron chi connectivity index (χ3n) is 3.80. The molecule has 5 nitrogen and oxygen atoms in total. The fourth-order valence-electron chi connectivity index (χ4n) is 2.61. The molecule has 0 saturated carbocycles. The van der Waals surface area contributed by atoms with Crippen molar-refractivity contribution in [2.45, 2.75) is 37.2 Å². The molecule has 2 rings (SSSR count). The summed E-state index contributed by atoms with van der Waals surface area (Å²) in [6, 6.07) is 5.09. The Morgan fingerprint density at radius 2 is 2.24 bits per heavy atom. The molecule has 7 heteroatoms. The number of nitrogens with two attached hydrogens (primary N) is 1. The highest BCUT2D eigenvalue weighted by atomic mass is 79.9. The zero-order valence-electron chi connectivity index (χ0n) is 12.2. The van der Waals surface area contributed by atoms with Crippen LogP contribution in [0.5, 0.6) is 0 Å². The van der Waals surface area contributed by atoms with Gasteiger partial charge in [-0.25, -0.2) is 13.1 Å². The first kappa shape index (κ1) is 16.9. The Labute approximate surface area is 135 Å². The average molecular weight is 376 g/mol. The van der Waals surface area contributed by atoms with Crippen LogP contribution in [-0.4, -0.2) is 39.0 Å². The van der Waals surface area contributed by atoms with E-state index in [9.17, 15) is 8.42 Å².